The number of hydrogen-bond donors (Lipinski definition) is 3. The summed E-state index contributed by atoms with van der Waals surface area (Å²) in [6.45, 7) is 3.90. The maximum atomic E-state index is 11.7. The fourth-order valence-corrected chi connectivity index (χ4v) is 0.989. The average Bonchev–Trinajstić information content (AvgIpc) is 2.17. The van der Waals surface area contributed by atoms with Gasteiger partial charge in [0.1, 0.15) is 5.75 Å². The standard InChI is InChI=1S/C10H15N3O2/c1-10(2,6-11)13-9(15)8-7(14)4-3-5-12-8/h3-5,14H,6,11H2,1-2H3,(H,13,15). The molecule has 0 saturated heterocycles. The van der Waals surface area contributed by atoms with Crippen LogP contribution in [0.3, 0.4) is 0 Å². The third-order valence-electron chi connectivity index (χ3n) is 1.96. The van der Waals surface area contributed by atoms with Crippen LogP contribution in [0.1, 0.15) is 24.3 Å². The predicted molar refractivity (Wildman–Crippen MR) is 56.5 cm³/mol. The zero-order valence-electron chi connectivity index (χ0n) is 8.82. The lowest BCUT2D eigenvalue weighted by Gasteiger charge is -2.23. The monoisotopic (exact) mass is 209 g/mol. The van der Waals surface area contributed by atoms with E-state index in [0.717, 1.165) is 0 Å². The fourth-order valence-electron chi connectivity index (χ4n) is 0.989. The molecule has 15 heavy (non-hydrogen) atoms. The molecular formula is C10H15N3O2. The Morgan fingerprint density at radius 2 is 2.33 bits per heavy atom. The highest BCUT2D eigenvalue weighted by molar-refractivity contribution is 5.95. The van der Waals surface area contributed by atoms with Gasteiger partial charge in [-0.05, 0) is 26.0 Å². The smallest absolute Gasteiger partial charge is 0.274 e. The van der Waals surface area contributed by atoms with E-state index in [1.165, 1.54) is 12.3 Å². The maximum Gasteiger partial charge on any atom is 0.274 e. The van der Waals surface area contributed by atoms with Gasteiger partial charge in [-0.15, -0.1) is 0 Å². The van der Waals surface area contributed by atoms with Gasteiger partial charge < -0.3 is 16.2 Å². The van der Waals surface area contributed by atoms with Gasteiger partial charge in [0.05, 0.1) is 0 Å². The number of rotatable bonds is 3. The molecule has 0 radical (unpaired) electrons. The number of carbonyl (C=O) groups excluding carboxylic acids is 1. The number of hydrogen-bond acceptors (Lipinski definition) is 4. The molecule has 0 aromatic carbocycles. The first kappa shape index (κ1) is 11.5. The van der Waals surface area contributed by atoms with Crippen molar-refractivity contribution in [2.24, 2.45) is 5.73 Å². The van der Waals surface area contributed by atoms with Crippen molar-refractivity contribution in [2.75, 3.05) is 6.54 Å². The van der Waals surface area contributed by atoms with E-state index >= 15 is 0 Å². The van der Waals surface area contributed by atoms with Crippen molar-refractivity contribution >= 4 is 5.91 Å². The molecule has 82 valence electrons. The van der Waals surface area contributed by atoms with Crippen LogP contribution in [-0.2, 0) is 0 Å². The summed E-state index contributed by atoms with van der Waals surface area (Å²) in [6, 6.07) is 2.97. The van der Waals surface area contributed by atoms with Gasteiger partial charge in [0.15, 0.2) is 5.69 Å². The molecule has 0 aliphatic rings. The van der Waals surface area contributed by atoms with Crippen molar-refractivity contribution in [2.45, 2.75) is 19.4 Å². The summed E-state index contributed by atoms with van der Waals surface area (Å²) in [7, 11) is 0. The zero-order valence-corrected chi connectivity index (χ0v) is 8.82. The molecule has 0 aliphatic heterocycles. The van der Waals surface area contributed by atoms with Crippen LogP contribution in [0, 0.1) is 0 Å². The molecule has 0 saturated carbocycles. The molecule has 0 unspecified atom stereocenters. The van der Waals surface area contributed by atoms with E-state index in [0.29, 0.717) is 6.54 Å². The molecule has 0 atom stereocenters. The van der Waals surface area contributed by atoms with Crippen LogP contribution in [0.15, 0.2) is 18.3 Å². The van der Waals surface area contributed by atoms with Gasteiger partial charge in [0.2, 0.25) is 0 Å². The Morgan fingerprint density at radius 3 is 2.87 bits per heavy atom. The first-order valence-corrected chi connectivity index (χ1v) is 4.63. The minimum absolute atomic E-state index is 0.0130. The van der Waals surface area contributed by atoms with Crippen molar-refractivity contribution in [1.29, 1.82) is 0 Å². The summed E-state index contributed by atoms with van der Waals surface area (Å²) < 4.78 is 0. The van der Waals surface area contributed by atoms with E-state index in [2.05, 4.69) is 10.3 Å². The Hall–Kier alpha value is -1.62. The highest BCUT2D eigenvalue weighted by atomic mass is 16.3. The molecule has 1 aromatic rings. The fraction of sp³-hybridized carbons (Fsp3) is 0.400. The first-order chi connectivity index (χ1) is 6.96. The number of carbonyl (C=O) groups is 1. The van der Waals surface area contributed by atoms with Crippen LogP contribution in [0.2, 0.25) is 0 Å². The molecular weight excluding hydrogens is 194 g/mol. The van der Waals surface area contributed by atoms with Crippen molar-refractivity contribution in [3.05, 3.63) is 24.0 Å². The first-order valence-electron chi connectivity index (χ1n) is 4.63. The Labute approximate surface area is 88.3 Å². The third kappa shape index (κ3) is 2.92. The van der Waals surface area contributed by atoms with E-state index in [1.807, 2.05) is 0 Å². The summed E-state index contributed by atoms with van der Waals surface area (Å²) in [5.74, 6) is -0.564. The zero-order chi connectivity index (χ0) is 11.5. The van der Waals surface area contributed by atoms with Crippen molar-refractivity contribution in [1.82, 2.24) is 10.3 Å². The second-order valence-corrected chi connectivity index (χ2v) is 3.91. The summed E-state index contributed by atoms with van der Waals surface area (Å²) in [5.41, 5.74) is 4.97. The molecule has 1 amide bonds. The van der Waals surface area contributed by atoms with Gasteiger partial charge in [-0.25, -0.2) is 4.98 Å². The molecule has 0 aliphatic carbocycles. The van der Waals surface area contributed by atoms with Crippen molar-refractivity contribution in [3.8, 4) is 5.75 Å². The highest BCUT2D eigenvalue weighted by Crippen LogP contribution is 2.13. The van der Waals surface area contributed by atoms with Gasteiger partial charge in [-0.1, -0.05) is 0 Å². The lowest BCUT2D eigenvalue weighted by molar-refractivity contribution is 0.0907. The molecule has 1 rings (SSSR count). The summed E-state index contributed by atoms with van der Waals surface area (Å²) in [6.07, 6.45) is 1.45. The van der Waals surface area contributed by atoms with Crippen LogP contribution in [0.4, 0.5) is 0 Å². The number of nitrogens with two attached hydrogens (primary N) is 1. The number of aromatic hydroxyl groups is 1. The lowest BCUT2D eigenvalue weighted by Crippen LogP contribution is -2.49. The van der Waals surface area contributed by atoms with Gasteiger partial charge in [0.25, 0.3) is 5.91 Å². The molecule has 0 bridgehead atoms. The van der Waals surface area contributed by atoms with Gasteiger partial charge in [-0.3, -0.25) is 4.79 Å². The van der Waals surface area contributed by atoms with Crippen LogP contribution >= 0.6 is 0 Å². The Morgan fingerprint density at radius 1 is 1.67 bits per heavy atom. The largest absolute Gasteiger partial charge is 0.505 e. The molecule has 1 aromatic heterocycles. The minimum Gasteiger partial charge on any atom is -0.505 e. The maximum absolute atomic E-state index is 11.7. The lowest BCUT2D eigenvalue weighted by atomic mass is 10.1. The number of amides is 1. The molecule has 0 spiro atoms. The average molecular weight is 209 g/mol. The minimum atomic E-state index is -0.513. The van der Waals surface area contributed by atoms with E-state index in [4.69, 9.17) is 5.73 Å². The van der Waals surface area contributed by atoms with E-state index in [9.17, 15) is 9.90 Å². The van der Waals surface area contributed by atoms with Crippen molar-refractivity contribution in [3.63, 3.8) is 0 Å². The van der Waals surface area contributed by atoms with Crippen LogP contribution in [0.5, 0.6) is 5.75 Å². The second-order valence-electron chi connectivity index (χ2n) is 3.91. The summed E-state index contributed by atoms with van der Waals surface area (Å²) >= 11 is 0. The number of nitrogens with zero attached hydrogens (tertiary/aromatic N) is 1. The van der Waals surface area contributed by atoms with Crippen molar-refractivity contribution < 1.29 is 9.90 Å². The quantitative estimate of drug-likeness (QED) is 0.666. The Bertz CT molecular complexity index is 363. The van der Waals surface area contributed by atoms with E-state index in [1.54, 1.807) is 19.9 Å². The normalized spacial score (nSPS) is 11.1. The summed E-state index contributed by atoms with van der Waals surface area (Å²) in [5, 5.41) is 12.1. The van der Waals surface area contributed by atoms with Crippen LogP contribution < -0.4 is 11.1 Å². The van der Waals surface area contributed by atoms with E-state index in [-0.39, 0.29) is 11.4 Å². The molecule has 5 nitrogen and oxygen atoms in total. The topological polar surface area (TPSA) is 88.2 Å². The number of aromatic nitrogens is 1. The Kier molecular flexibility index (Phi) is 3.26. The third-order valence-corrected chi connectivity index (χ3v) is 1.96. The molecule has 4 N–H and O–H groups in total. The van der Waals surface area contributed by atoms with Crippen LogP contribution in [0.25, 0.3) is 0 Å². The molecule has 0 fully saturated rings. The van der Waals surface area contributed by atoms with Gasteiger partial charge in [0, 0.05) is 18.3 Å². The second kappa shape index (κ2) is 4.27. The predicted octanol–water partition coefficient (Wildman–Crippen LogP) is 0.254. The Balaban J connectivity index is 2.83. The SMILES string of the molecule is CC(C)(CN)NC(=O)c1ncccc1O. The molecule has 1 heterocycles. The summed E-state index contributed by atoms with van der Waals surface area (Å²) in [4.78, 5) is 15.4. The van der Waals surface area contributed by atoms with Crippen LogP contribution in [-0.4, -0.2) is 28.1 Å². The number of pyridine rings is 1. The highest BCUT2D eigenvalue weighted by Gasteiger charge is 2.21. The van der Waals surface area contributed by atoms with Gasteiger partial charge in [-0.2, -0.15) is 0 Å². The molecule has 5 heteroatoms. The van der Waals surface area contributed by atoms with Gasteiger partial charge >= 0.3 is 0 Å². The number of nitrogens with one attached hydrogen (secondary N) is 1. The van der Waals surface area contributed by atoms with E-state index < -0.39 is 11.4 Å².